The SMILES string of the molecule is CCS/C(=C(/F)C(F)(F)F)C(C(F)(F)F)C(F)(F)F. The number of thioether (sulfide) groups is 1. The monoisotopic (exact) mass is 324 g/mol. The molecular weight excluding hydrogens is 318 g/mol. The first-order valence-corrected chi connectivity index (χ1v) is 5.44. The van der Waals surface area contributed by atoms with Crippen LogP contribution in [0.2, 0.25) is 0 Å². The summed E-state index contributed by atoms with van der Waals surface area (Å²) >= 11 is -0.482. The Hall–Kier alpha value is -0.610. The lowest BCUT2D eigenvalue weighted by Gasteiger charge is -2.25. The second-order valence-electron chi connectivity index (χ2n) is 3.13. The van der Waals surface area contributed by atoms with Gasteiger partial charge in [0.25, 0.3) is 0 Å². The van der Waals surface area contributed by atoms with Crippen molar-refractivity contribution < 1.29 is 43.9 Å². The van der Waals surface area contributed by atoms with E-state index in [9.17, 15) is 43.9 Å². The first-order valence-electron chi connectivity index (χ1n) is 4.46. The third-order valence-corrected chi connectivity index (χ3v) is 2.70. The molecule has 11 heteroatoms. The van der Waals surface area contributed by atoms with E-state index in [1.807, 2.05) is 0 Å². The van der Waals surface area contributed by atoms with Crippen LogP contribution in [0.15, 0.2) is 10.7 Å². The Bertz CT molecular complexity index is 319. The Kier molecular flexibility index (Phi) is 5.61. The summed E-state index contributed by atoms with van der Waals surface area (Å²) in [6.07, 6.45) is -18.1. The summed E-state index contributed by atoms with van der Waals surface area (Å²) in [5.74, 6) is -8.45. The maximum Gasteiger partial charge on any atom is 0.443 e. The molecule has 0 aromatic rings. The number of alkyl halides is 9. The van der Waals surface area contributed by atoms with E-state index in [-0.39, 0.29) is 0 Å². The number of halogens is 10. The average Bonchev–Trinajstić information content (AvgIpc) is 2.09. The van der Waals surface area contributed by atoms with Crippen LogP contribution in [0.4, 0.5) is 43.9 Å². The summed E-state index contributed by atoms with van der Waals surface area (Å²) in [5, 5.41) is 0. The van der Waals surface area contributed by atoms with Crippen molar-refractivity contribution >= 4 is 11.8 Å². The molecule has 0 saturated heterocycles. The zero-order valence-electron chi connectivity index (χ0n) is 8.97. The minimum atomic E-state index is -6.07. The highest BCUT2D eigenvalue weighted by molar-refractivity contribution is 8.03. The highest BCUT2D eigenvalue weighted by Gasteiger charge is 2.61. The minimum Gasteiger partial charge on any atom is -0.201 e. The van der Waals surface area contributed by atoms with Gasteiger partial charge in [-0.1, -0.05) is 6.92 Å². The maximum absolute atomic E-state index is 12.8. The lowest BCUT2D eigenvalue weighted by molar-refractivity contribution is -0.270. The molecule has 114 valence electrons. The van der Waals surface area contributed by atoms with Crippen LogP contribution in [0.25, 0.3) is 0 Å². The molecule has 0 atom stereocenters. The van der Waals surface area contributed by atoms with Crippen molar-refractivity contribution in [3.8, 4) is 0 Å². The van der Waals surface area contributed by atoms with Gasteiger partial charge in [-0.2, -0.15) is 39.5 Å². The van der Waals surface area contributed by atoms with E-state index in [1.165, 1.54) is 0 Å². The topological polar surface area (TPSA) is 0 Å². The summed E-state index contributed by atoms with van der Waals surface area (Å²) in [4.78, 5) is -2.42. The molecule has 0 aromatic carbocycles. The standard InChI is InChI=1S/C8H6F10S/c1-2-19-3(5(9)8(16,17)18)4(6(10,11)12)7(13,14)15/h4H,2H2,1H3/b5-3+. The zero-order valence-corrected chi connectivity index (χ0v) is 9.79. The van der Waals surface area contributed by atoms with Gasteiger partial charge in [-0.3, -0.25) is 0 Å². The van der Waals surface area contributed by atoms with Crippen LogP contribution in [0, 0.1) is 5.92 Å². The molecule has 19 heavy (non-hydrogen) atoms. The average molecular weight is 324 g/mol. The van der Waals surface area contributed by atoms with Gasteiger partial charge in [-0.15, -0.1) is 11.8 Å². The van der Waals surface area contributed by atoms with E-state index >= 15 is 0 Å². The van der Waals surface area contributed by atoms with Crippen molar-refractivity contribution in [2.75, 3.05) is 5.75 Å². The van der Waals surface area contributed by atoms with Crippen molar-refractivity contribution in [1.29, 1.82) is 0 Å². The fraction of sp³-hybridized carbons (Fsp3) is 0.750. The molecule has 0 radical (unpaired) electrons. The van der Waals surface area contributed by atoms with Crippen LogP contribution in [0.1, 0.15) is 6.92 Å². The first-order chi connectivity index (χ1) is 8.23. The number of hydrogen-bond donors (Lipinski definition) is 0. The minimum absolute atomic E-state index is 0.482. The van der Waals surface area contributed by atoms with Crippen molar-refractivity contribution in [3.63, 3.8) is 0 Å². The summed E-state index contributed by atoms with van der Waals surface area (Å²) in [5.41, 5.74) is 0. The predicted molar refractivity (Wildman–Crippen MR) is 47.9 cm³/mol. The third-order valence-electron chi connectivity index (χ3n) is 1.68. The van der Waals surface area contributed by atoms with E-state index < -0.39 is 52.7 Å². The van der Waals surface area contributed by atoms with E-state index in [4.69, 9.17) is 0 Å². The van der Waals surface area contributed by atoms with Gasteiger partial charge in [0.15, 0.2) is 5.92 Å². The molecule has 0 saturated carbocycles. The Morgan fingerprint density at radius 1 is 0.895 bits per heavy atom. The van der Waals surface area contributed by atoms with Gasteiger partial charge in [0.05, 0.1) is 0 Å². The van der Waals surface area contributed by atoms with Crippen molar-refractivity contribution in [2.45, 2.75) is 25.5 Å². The summed E-state index contributed by atoms with van der Waals surface area (Å²) in [7, 11) is 0. The summed E-state index contributed by atoms with van der Waals surface area (Å²) in [6, 6.07) is 0. The van der Waals surface area contributed by atoms with Gasteiger partial charge in [0.2, 0.25) is 5.83 Å². The molecule has 0 bridgehead atoms. The normalized spacial score (nSPS) is 15.8. The van der Waals surface area contributed by atoms with Gasteiger partial charge in [0, 0.05) is 4.91 Å². The van der Waals surface area contributed by atoms with Gasteiger partial charge in [-0.05, 0) is 5.75 Å². The van der Waals surface area contributed by atoms with Crippen molar-refractivity contribution in [1.82, 2.24) is 0 Å². The molecule has 0 N–H and O–H groups in total. The summed E-state index contributed by atoms with van der Waals surface area (Å²) in [6.45, 7) is 0.998. The third kappa shape index (κ3) is 5.11. The Balaban J connectivity index is 5.97. The second kappa shape index (κ2) is 5.80. The van der Waals surface area contributed by atoms with E-state index in [0.29, 0.717) is 0 Å². The molecule has 0 nitrogen and oxygen atoms in total. The van der Waals surface area contributed by atoms with Crippen LogP contribution in [-0.2, 0) is 0 Å². The molecular formula is C8H6F10S. The molecule has 0 unspecified atom stereocenters. The fourth-order valence-electron chi connectivity index (χ4n) is 1.05. The number of rotatable bonds is 3. The molecule has 0 spiro atoms. The molecule has 0 aliphatic heterocycles. The molecule has 0 amide bonds. The fourth-order valence-corrected chi connectivity index (χ4v) is 2.04. The van der Waals surface area contributed by atoms with Crippen molar-refractivity contribution in [2.24, 2.45) is 5.92 Å². The Morgan fingerprint density at radius 3 is 1.47 bits per heavy atom. The molecule has 0 aliphatic carbocycles. The molecule has 0 fully saturated rings. The number of allylic oxidation sites excluding steroid dienone is 2. The Morgan fingerprint density at radius 2 is 1.26 bits per heavy atom. The van der Waals surface area contributed by atoms with Gasteiger partial charge >= 0.3 is 18.5 Å². The van der Waals surface area contributed by atoms with Gasteiger partial charge < -0.3 is 0 Å². The molecule has 0 aliphatic rings. The van der Waals surface area contributed by atoms with Gasteiger partial charge in [0.1, 0.15) is 0 Å². The molecule has 0 heterocycles. The second-order valence-corrected chi connectivity index (χ2v) is 4.43. The van der Waals surface area contributed by atoms with Crippen LogP contribution >= 0.6 is 11.8 Å². The van der Waals surface area contributed by atoms with E-state index in [0.717, 1.165) is 6.92 Å². The van der Waals surface area contributed by atoms with E-state index in [2.05, 4.69) is 0 Å². The highest BCUT2D eigenvalue weighted by atomic mass is 32.2. The largest absolute Gasteiger partial charge is 0.443 e. The molecule has 0 rings (SSSR count). The van der Waals surface area contributed by atoms with E-state index in [1.54, 1.807) is 0 Å². The number of hydrogen-bond acceptors (Lipinski definition) is 1. The van der Waals surface area contributed by atoms with Crippen LogP contribution in [0.3, 0.4) is 0 Å². The smallest absolute Gasteiger partial charge is 0.201 e. The Labute approximate surface area is 104 Å². The van der Waals surface area contributed by atoms with Gasteiger partial charge in [-0.25, -0.2) is 4.39 Å². The maximum atomic E-state index is 12.8. The van der Waals surface area contributed by atoms with Crippen LogP contribution < -0.4 is 0 Å². The predicted octanol–water partition coefficient (Wildman–Crippen LogP) is 5.22. The molecule has 0 aromatic heterocycles. The zero-order chi connectivity index (χ0) is 15.6. The van der Waals surface area contributed by atoms with Crippen LogP contribution in [-0.4, -0.2) is 24.3 Å². The quantitative estimate of drug-likeness (QED) is 0.641. The highest BCUT2D eigenvalue weighted by Crippen LogP contribution is 2.50. The van der Waals surface area contributed by atoms with Crippen LogP contribution in [0.5, 0.6) is 0 Å². The lowest BCUT2D eigenvalue weighted by atomic mass is 10.1. The first kappa shape index (κ1) is 18.4. The summed E-state index contributed by atoms with van der Waals surface area (Å²) < 4.78 is 122. The van der Waals surface area contributed by atoms with Crippen molar-refractivity contribution in [3.05, 3.63) is 10.7 Å². The lowest BCUT2D eigenvalue weighted by Crippen LogP contribution is -2.38.